The highest BCUT2D eigenvalue weighted by atomic mass is 35.5. The van der Waals surface area contributed by atoms with Gasteiger partial charge in [0.2, 0.25) is 5.28 Å². The summed E-state index contributed by atoms with van der Waals surface area (Å²) in [6.45, 7) is 5.45. The first-order valence-electron chi connectivity index (χ1n) is 6.31. The van der Waals surface area contributed by atoms with E-state index >= 15 is 0 Å². The first-order valence-corrected chi connectivity index (χ1v) is 7.57. The van der Waals surface area contributed by atoms with E-state index in [0.717, 1.165) is 34.9 Å². The van der Waals surface area contributed by atoms with E-state index in [1.165, 1.54) is 12.8 Å². The molecule has 0 saturated carbocycles. The van der Waals surface area contributed by atoms with Crippen LogP contribution in [0, 0.1) is 5.92 Å². The number of hydrogen-bond donors (Lipinski definition) is 1. The molecule has 0 amide bonds. The van der Waals surface area contributed by atoms with Gasteiger partial charge in [0.1, 0.15) is 10.6 Å². The number of thiophene rings is 1. The zero-order valence-electron chi connectivity index (χ0n) is 10.7. The standard InChI is InChI=1S/C13H18ClN3S/c1-9(2)5-3-4-7-15-11-10-6-8-18-12(10)17-13(14)16-11/h6,8-9H,3-5,7H2,1-2H3,(H,15,16,17). The van der Waals surface area contributed by atoms with Gasteiger partial charge in [-0.2, -0.15) is 0 Å². The zero-order valence-corrected chi connectivity index (χ0v) is 12.3. The Bertz CT molecular complexity index is 510. The van der Waals surface area contributed by atoms with E-state index in [1.54, 1.807) is 11.3 Å². The van der Waals surface area contributed by atoms with Crippen LogP contribution in [-0.2, 0) is 0 Å². The molecule has 0 atom stereocenters. The van der Waals surface area contributed by atoms with Gasteiger partial charge >= 0.3 is 0 Å². The Morgan fingerprint density at radius 1 is 1.33 bits per heavy atom. The minimum atomic E-state index is 0.314. The summed E-state index contributed by atoms with van der Waals surface area (Å²) in [6, 6.07) is 2.03. The Kier molecular flexibility index (Phi) is 4.78. The lowest BCUT2D eigenvalue weighted by molar-refractivity contribution is 0.544. The quantitative estimate of drug-likeness (QED) is 0.623. The van der Waals surface area contributed by atoms with Crippen molar-refractivity contribution in [2.75, 3.05) is 11.9 Å². The Balaban J connectivity index is 1.93. The SMILES string of the molecule is CC(C)CCCCNc1nc(Cl)nc2sccc12. The highest BCUT2D eigenvalue weighted by molar-refractivity contribution is 7.16. The maximum Gasteiger partial charge on any atom is 0.225 e. The van der Waals surface area contributed by atoms with Gasteiger partial charge in [-0.3, -0.25) is 0 Å². The summed E-state index contributed by atoms with van der Waals surface area (Å²) in [4.78, 5) is 9.40. The lowest BCUT2D eigenvalue weighted by Gasteiger charge is -2.08. The van der Waals surface area contributed by atoms with Crippen LogP contribution < -0.4 is 5.32 Å². The lowest BCUT2D eigenvalue weighted by atomic mass is 10.1. The maximum atomic E-state index is 5.91. The average molecular weight is 284 g/mol. The molecule has 0 fully saturated rings. The van der Waals surface area contributed by atoms with E-state index in [4.69, 9.17) is 11.6 Å². The lowest BCUT2D eigenvalue weighted by Crippen LogP contribution is -2.04. The third-order valence-corrected chi connectivity index (χ3v) is 3.77. The molecule has 1 N–H and O–H groups in total. The van der Waals surface area contributed by atoms with Crippen LogP contribution in [0.15, 0.2) is 11.4 Å². The van der Waals surface area contributed by atoms with Crippen LogP contribution in [0.25, 0.3) is 10.2 Å². The molecule has 0 aliphatic carbocycles. The minimum absolute atomic E-state index is 0.314. The molecule has 0 spiro atoms. The molecule has 0 unspecified atom stereocenters. The molecule has 0 aliphatic heterocycles. The van der Waals surface area contributed by atoms with Crippen molar-refractivity contribution in [3.63, 3.8) is 0 Å². The minimum Gasteiger partial charge on any atom is -0.369 e. The van der Waals surface area contributed by atoms with Crippen molar-refractivity contribution >= 4 is 39.0 Å². The monoisotopic (exact) mass is 283 g/mol. The topological polar surface area (TPSA) is 37.8 Å². The molecule has 2 heterocycles. The smallest absolute Gasteiger partial charge is 0.225 e. The molecule has 0 aliphatic rings. The van der Waals surface area contributed by atoms with E-state index in [1.807, 2.05) is 11.4 Å². The number of aromatic nitrogens is 2. The summed E-state index contributed by atoms with van der Waals surface area (Å²) in [5, 5.41) is 6.75. The summed E-state index contributed by atoms with van der Waals surface area (Å²) in [5.74, 6) is 1.64. The van der Waals surface area contributed by atoms with Crippen molar-refractivity contribution in [2.45, 2.75) is 33.1 Å². The number of hydrogen-bond acceptors (Lipinski definition) is 4. The molecule has 2 aromatic heterocycles. The highest BCUT2D eigenvalue weighted by Gasteiger charge is 2.06. The van der Waals surface area contributed by atoms with Crippen molar-refractivity contribution in [1.82, 2.24) is 9.97 Å². The molecule has 0 saturated heterocycles. The fourth-order valence-electron chi connectivity index (χ4n) is 1.85. The fraction of sp³-hybridized carbons (Fsp3) is 0.538. The van der Waals surface area contributed by atoms with E-state index in [0.29, 0.717) is 5.28 Å². The molecule has 0 radical (unpaired) electrons. The van der Waals surface area contributed by atoms with Crippen LogP contribution in [0.2, 0.25) is 5.28 Å². The number of rotatable bonds is 6. The molecular formula is C13H18ClN3S. The highest BCUT2D eigenvalue weighted by Crippen LogP contribution is 2.26. The van der Waals surface area contributed by atoms with Gasteiger partial charge in [-0.1, -0.05) is 26.7 Å². The second-order valence-corrected chi connectivity index (χ2v) is 6.03. The number of anilines is 1. The second-order valence-electron chi connectivity index (χ2n) is 4.80. The normalized spacial score (nSPS) is 11.3. The zero-order chi connectivity index (χ0) is 13.0. The van der Waals surface area contributed by atoms with Crippen molar-refractivity contribution < 1.29 is 0 Å². The number of nitrogens with zero attached hydrogens (tertiary/aromatic N) is 2. The van der Waals surface area contributed by atoms with Crippen molar-refractivity contribution in [2.24, 2.45) is 5.92 Å². The summed E-state index contributed by atoms with van der Waals surface area (Å²) in [5.41, 5.74) is 0. The van der Waals surface area contributed by atoms with Crippen LogP contribution in [-0.4, -0.2) is 16.5 Å². The molecule has 98 valence electrons. The number of nitrogens with one attached hydrogen (secondary N) is 1. The molecular weight excluding hydrogens is 266 g/mol. The van der Waals surface area contributed by atoms with Crippen LogP contribution in [0.1, 0.15) is 33.1 Å². The largest absolute Gasteiger partial charge is 0.369 e. The van der Waals surface area contributed by atoms with Gasteiger partial charge in [0, 0.05) is 6.54 Å². The molecule has 3 nitrogen and oxygen atoms in total. The van der Waals surface area contributed by atoms with Crippen molar-refractivity contribution in [3.8, 4) is 0 Å². The predicted octanol–water partition coefficient (Wildman–Crippen LogP) is 4.58. The fourth-order valence-corrected chi connectivity index (χ4v) is 2.83. The first kappa shape index (κ1) is 13.6. The first-order chi connectivity index (χ1) is 8.66. The van der Waals surface area contributed by atoms with Crippen molar-refractivity contribution in [3.05, 3.63) is 16.7 Å². The summed E-state index contributed by atoms with van der Waals surface area (Å²) in [7, 11) is 0. The molecule has 0 aromatic carbocycles. The van der Waals surface area contributed by atoms with Crippen LogP contribution in [0.3, 0.4) is 0 Å². The Hall–Kier alpha value is -0.870. The van der Waals surface area contributed by atoms with Gasteiger partial charge in [0.15, 0.2) is 0 Å². The van der Waals surface area contributed by atoms with Gasteiger partial charge in [0.25, 0.3) is 0 Å². The van der Waals surface area contributed by atoms with E-state index in [-0.39, 0.29) is 0 Å². The van der Waals surface area contributed by atoms with Gasteiger partial charge in [-0.05, 0) is 35.4 Å². The van der Waals surface area contributed by atoms with E-state index < -0.39 is 0 Å². The Labute approximate surface area is 117 Å². The number of unbranched alkanes of at least 4 members (excludes halogenated alkanes) is 1. The van der Waals surface area contributed by atoms with Gasteiger partial charge in [0.05, 0.1) is 5.39 Å². The van der Waals surface area contributed by atoms with Crippen LogP contribution in [0.5, 0.6) is 0 Å². The molecule has 2 rings (SSSR count). The second kappa shape index (κ2) is 6.34. The number of halogens is 1. The van der Waals surface area contributed by atoms with E-state index in [2.05, 4.69) is 29.1 Å². The van der Waals surface area contributed by atoms with E-state index in [9.17, 15) is 0 Å². The van der Waals surface area contributed by atoms with Gasteiger partial charge in [-0.15, -0.1) is 11.3 Å². The van der Waals surface area contributed by atoms with Crippen LogP contribution in [0.4, 0.5) is 5.82 Å². The summed E-state index contributed by atoms with van der Waals surface area (Å²) in [6.07, 6.45) is 3.68. The Morgan fingerprint density at radius 2 is 2.17 bits per heavy atom. The van der Waals surface area contributed by atoms with Crippen molar-refractivity contribution in [1.29, 1.82) is 0 Å². The summed E-state index contributed by atoms with van der Waals surface area (Å²) >= 11 is 7.49. The molecule has 2 aromatic rings. The average Bonchev–Trinajstić information content (AvgIpc) is 2.75. The van der Waals surface area contributed by atoms with Gasteiger partial charge in [-0.25, -0.2) is 9.97 Å². The maximum absolute atomic E-state index is 5.91. The van der Waals surface area contributed by atoms with Gasteiger partial charge < -0.3 is 5.32 Å². The number of fused-ring (bicyclic) bond motifs is 1. The molecule has 5 heteroatoms. The summed E-state index contributed by atoms with van der Waals surface area (Å²) < 4.78 is 0. The Morgan fingerprint density at radius 3 is 2.94 bits per heavy atom. The third-order valence-electron chi connectivity index (χ3n) is 2.80. The molecule has 0 bridgehead atoms. The predicted molar refractivity (Wildman–Crippen MR) is 79.6 cm³/mol. The molecule has 18 heavy (non-hydrogen) atoms. The third kappa shape index (κ3) is 3.56. The van der Waals surface area contributed by atoms with Crippen LogP contribution >= 0.6 is 22.9 Å².